The van der Waals surface area contributed by atoms with E-state index in [9.17, 15) is 58.3 Å². The van der Waals surface area contributed by atoms with Crippen molar-refractivity contribution in [2.24, 2.45) is 5.92 Å². The summed E-state index contributed by atoms with van der Waals surface area (Å²) >= 11 is 18.3. The monoisotopic (exact) mass is 723 g/mol. The first kappa shape index (κ1) is 35.1. The number of carbonyl (C=O) groups excluding carboxylic acids is 3. The average Bonchev–Trinajstić information content (AvgIpc) is 3.53. The zero-order chi connectivity index (χ0) is 34.5. The van der Waals surface area contributed by atoms with E-state index >= 15 is 0 Å². The molecule has 0 saturated heterocycles. The Morgan fingerprint density at radius 3 is 1.93 bits per heavy atom. The standard InChI is InChI=1S/C27H14Cl3F10N3O3/c28-14-2-1-12(8-13(14)22(44)42-16-4-3-15(31)20(19(16)32)43-24(46)21(33)34)41-23(45)18-17(25(18,29)30)9-5-10(26(35,36)37)7-11(6-9)27(38,39)40/h1-8,17-18,21H,(H,41,45)(H,42,44)(H,43,46)/t17-,18+/m1/s1. The molecule has 0 spiro atoms. The maximum Gasteiger partial charge on any atom is 0.416 e. The van der Waals surface area contributed by atoms with Crippen molar-refractivity contribution in [3.8, 4) is 0 Å². The maximum atomic E-state index is 14.8. The van der Waals surface area contributed by atoms with Gasteiger partial charge in [-0.25, -0.2) is 8.78 Å². The van der Waals surface area contributed by atoms with Crippen LogP contribution in [-0.4, -0.2) is 28.5 Å². The molecule has 6 nitrogen and oxygen atoms in total. The highest BCUT2D eigenvalue weighted by molar-refractivity contribution is 6.53. The molecule has 1 aliphatic rings. The van der Waals surface area contributed by atoms with E-state index in [1.807, 2.05) is 5.32 Å². The molecule has 19 heteroatoms. The van der Waals surface area contributed by atoms with Gasteiger partial charge in [0.15, 0.2) is 5.82 Å². The number of anilines is 3. The van der Waals surface area contributed by atoms with Gasteiger partial charge in [-0.2, -0.15) is 35.1 Å². The molecule has 2 atom stereocenters. The zero-order valence-corrected chi connectivity index (χ0v) is 24.3. The predicted octanol–water partition coefficient (Wildman–Crippen LogP) is 8.64. The van der Waals surface area contributed by atoms with Crippen LogP contribution < -0.4 is 16.0 Å². The van der Waals surface area contributed by atoms with Gasteiger partial charge in [0.25, 0.3) is 11.8 Å². The van der Waals surface area contributed by atoms with Crippen LogP contribution in [0.3, 0.4) is 0 Å². The molecule has 4 rings (SSSR count). The molecular weight excluding hydrogens is 711 g/mol. The summed E-state index contributed by atoms with van der Waals surface area (Å²) in [6.07, 6.45) is -14.0. The first-order valence-corrected chi connectivity index (χ1v) is 13.4. The Bertz CT molecular complexity index is 1700. The summed E-state index contributed by atoms with van der Waals surface area (Å²) in [5.74, 6) is -10.4. The van der Waals surface area contributed by atoms with Crippen LogP contribution in [0.25, 0.3) is 0 Å². The maximum absolute atomic E-state index is 14.8. The van der Waals surface area contributed by atoms with Crippen LogP contribution in [0.2, 0.25) is 5.02 Å². The number of hydrogen-bond donors (Lipinski definition) is 3. The lowest BCUT2D eigenvalue weighted by Crippen LogP contribution is -2.22. The largest absolute Gasteiger partial charge is 0.416 e. The second-order valence-corrected chi connectivity index (χ2v) is 11.5. The molecule has 1 saturated carbocycles. The topological polar surface area (TPSA) is 87.3 Å². The lowest BCUT2D eigenvalue weighted by Gasteiger charge is -2.14. The smallest absolute Gasteiger partial charge is 0.326 e. The third-order valence-corrected chi connectivity index (χ3v) is 7.84. The van der Waals surface area contributed by atoms with E-state index in [1.165, 1.54) is 5.32 Å². The quantitative estimate of drug-likeness (QED) is 0.169. The molecule has 0 unspecified atom stereocenters. The van der Waals surface area contributed by atoms with Crippen LogP contribution in [0.15, 0.2) is 48.5 Å². The highest BCUT2D eigenvalue weighted by Crippen LogP contribution is 2.65. The molecule has 0 radical (unpaired) electrons. The minimum Gasteiger partial charge on any atom is -0.326 e. The molecule has 46 heavy (non-hydrogen) atoms. The number of carbonyl (C=O) groups is 3. The third-order valence-electron chi connectivity index (χ3n) is 6.57. The molecule has 1 aliphatic carbocycles. The number of benzene rings is 3. The Balaban J connectivity index is 1.56. The van der Waals surface area contributed by atoms with Gasteiger partial charge in [0.2, 0.25) is 5.91 Å². The molecule has 0 heterocycles. The molecule has 246 valence electrons. The van der Waals surface area contributed by atoms with Crippen molar-refractivity contribution < 1.29 is 58.3 Å². The molecule has 3 N–H and O–H groups in total. The zero-order valence-electron chi connectivity index (χ0n) is 22.0. The summed E-state index contributed by atoms with van der Waals surface area (Å²) in [5, 5.41) is 5.29. The molecule has 1 fully saturated rings. The van der Waals surface area contributed by atoms with Gasteiger partial charge in [-0.1, -0.05) is 11.6 Å². The Morgan fingerprint density at radius 2 is 1.39 bits per heavy atom. The molecule has 0 bridgehead atoms. The van der Waals surface area contributed by atoms with E-state index in [0.717, 1.165) is 18.2 Å². The fourth-order valence-corrected chi connectivity index (χ4v) is 5.39. The fraction of sp³-hybridized carbons (Fsp3) is 0.222. The Hall–Kier alpha value is -3.76. The third kappa shape index (κ3) is 7.28. The SMILES string of the molecule is O=C(Nc1ccc(F)c(NC(=O)C(F)F)c1F)c1cc(NC(=O)[C@@H]2[C@@H](c3cc(C(F)(F)F)cc(C(F)(F)F)c3)C2(Cl)Cl)ccc1Cl. The van der Waals surface area contributed by atoms with Crippen molar-refractivity contribution in [2.75, 3.05) is 16.0 Å². The molecule has 0 aromatic heterocycles. The number of alkyl halides is 10. The van der Waals surface area contributed by atoms with E-state index in [0.29, 0.717) is 24.3 Å². The lowest BCUT2D eigenvalue weighted by molar-refractivity contribution is -0.143. The minimum absolute atomic E-state index is 0.108. The van der Waals surface area contributed by atoms with E-state index in [-0.39, 0.29) is 16.8 Å². The molecule has 3 aromatic rings. The van der Waals surface area contributed by atoms with Crippen LogP contribution in [0.1, 0.15) is 33.0 Å². The second-order valence-electron chi connectivity index (χ2n) is 9.68. The van der Waals surface area contributed by atoms with E-state index < -0.39 is 97.9 Å². The predicted molar refractivity (Wildman–Crippen MR) is 146 cm³/mol. The number of amides is 3. The summed E-state index contributed by atoms with van der Waals surface area (Å²) in [6.45, 7) is 0. The Morgan fingerprint density at radius 1 is 0.804 bits per heavy atom. The van der Waals surface area contributed by atoms with Gasteiger partial charge >= 0.3 is 18.8 Å². The van der Waals surface area contributed by atoms with Crippen molar-refractivity contribution in [1.29, 1.82) is 0 Å². The van der Waals surface area contributed by atoms with Gasteiger partial charge in [-0.3, -0.25) is 14.4 Å². The normalized spacial score (nSPS) is 17.4. The minimum atomic E-state index is -5.18. The van der Waals surface area contributed by atoms with Gasteiger partial charge in [0.05, 0.1) is 33.3 Å². The van der Waals surface area contributed by atoms with Crippen molar-refractivity contribution in [2.45, 2.75) is 29.0 Å². The highest BCUT2D eigenvalue weighted by Gasteiger charge is 2.68. The van der Waals surface area contributed by atoms with Crippen LogP contribution in [0.5, 0.6) is 0 Å². The number of nitrogens with one attached hydrogen (secondary N) is 3. The van der Waals surface area contributed by atoms with E-state index in [1.54, 1.807) is 0 Å². The summed E-state index contributed by atoms with van der Waals surface area (Å²) in [7, 11) is 0. The van der Waals surface area contributed by atoms with E-state index in [4.69, 9.17) is 34.8 Å². The molecule has 3 amide bonds. The van der Waals surface area contributed by atoms with Crippen molar-refractivity contribution in [3.05, 3.63) is 87.4 Å². The van der Waals surface area contributed by atoms with Gasteiger partial charge in [0.1, 0.15) is 15.8 Å². The Kier molecular flexibility index (Phi) is 9.50. The molecule has 3 aromatic carbocycles. The lowest BCUT2D eigenvalue weighted by atomic mass is 10.0. The van der Waals surface area contributed by atoms with Gasteiger partial charge in [0, 0.05) is 11.6 Å². The average molecular weight is 725 g/mol. The molecule has 0 aliphatic heterocycles. The number of halogens is 13. The fourth-order valence-electron chi connectivity index (χ4n) is 4.35. The first-order chi connectivity index (χ1) is 21.1. The summed E-state index contributed by atoms with van der Waals surface area (Å²) in [4.78, 5) is 37.1. The van der Waals surface area contributed by atoms with Crippen LogP contribution in [-0.2, 0) is 21.9 Å². The van der Waals surface area contributed by atoms with Crippen LogP contribution >= 0.6 is 34.8 Å². The summed E-state index contributed by atoms with van der Waals surface area (Å²) in [6, 6.07) is 5.06. The van der Waals surface area contributed by atoms with Gasteiger partial charge < -0.3 is 16.0 Å². The number of rotatable bonds is 7. The Labute approximate surface area is 266 Å². The molecular formula is C27H14Cl3F10N3O3. The van der Waals surface area contributed by atoms with Gasteiger partial charge in [-0.15, -0.1) is 23.2 Å². The van der Waals surface area contributed by atoms with Crippen LogP contribution in [0, 0.1) is 17.6 Å². The van der Waals surface area contributed by atoms with Crippen molar-refractivity contribution in [3.63, 3.8) is 0 Å². The second kappa shape index (κ2) is 12.4. The van der Waals surface area contributed by atoms with Gasteiger partial charge in [-0.05, 0) is 54.1 Å². The van der Waals surface area contributed by atoms with Crippen molar-refractivity contribution in [1.82, 2.24) is 0 Å². The van der Waals surface area contributed by atoms with E-state index in [2.05, 4.69) is 5.32 Å². The van der Waals surface area contributed by atoms with Crippen LogP contribution in [0.4, 0.5) is 61.0 Å². The summed E-state index contributed by atoms with van der Waals surface area (Å²) in [5.41, 5.74) is -6.65. The first-order valence-electron chi connectivity index (χ1n) is 12.3. The highest BCUT2D eigenvalue weighted by atomic mass is 35.5. The summed E-state index contributed by atoms with van der Waals surface area (Å²) < 4.78 is 132. The number of hydrogen-bond acceptors (Lipinski definition) is 3. The van der Waals surface area contributed by atoms with Crippen molar-refractivity contribution >= 4 is 69.6 Å².